The Bertz CT molecular complexity index is 747. The maximum absolute atomic E-state index is 12.3. The molecule has 1 unspecified atom stereocenters. The number of nitrogens with zero attached hydrogens (tertiary/aromatic N) is 1. The van der Waals surface area contributed by atoms with Gasteiger partial charge < -0.3 is 10.2 Å². The molecule has 1 N–H and O–H groups in total. The van der Waals surface area contributed by atoms with E-state index in [-0.39, 0.29) is 18.2 Å². The Morgan fingerprint density at radius 2 is 1.83 bits per heavy atom. The predicted octanol–water partition coefficient (Wildman–Crippen LogP) is 3.99. The molecule has 118 valence electrons. The molecule has 1 aliphatic heterocycles. The van der Waals surface area contributed by atoms with Gasteiger partial charge in [-0.15, -0.1) is 0 Å². The summed E-state index contributed by atoms with van der Waals surface area (Å²) in [5.41, 5.74) is 1.37. The Balaban J connectivity index is 1.69. The molecule has 0 aromatic heterocycles. The van der Waals surface area contributed by atoms with Gasteiger partial charge in [0.25, 0.3) is 0 Å². The van der Waals surface area contributed by atoms with E-state index >= 15 is 0 Å². The van der Waals surface area contributed by atoms with Crippen molar-refractivity contribution in [2.75, 3.05) is 16.8 Å². The van der Waals surface area contributed by atoms with Crippen LogP contribution in [-0.2, 0) is 9.59 Å². The molecule has 1 fully saturated rings. The van der Waals surface area contributed by atoms with E-state index in [4.69, 9.17) is 23.2 Å². The quantitative estimate of drug-likeness (QED) is 0.911. The van der Waals surface area contributed by atoms with Crippen molar-refractivity contribution < 1.29 is 9.59 Å². The van der Waals surface area contributed by atoms with Crippen molar-refractivity contribution in [3.05, 3.63) is 58.6 Å². The van der Waals surface area contributed by atoms with Gasteiger partial charge in [-0.25, -0.2) is 0 Å². The smallest absolute Gasteiger partial charge is 0.229 e. The number of anilines is 2. The van der Waals surface area contributed by atoms with Crippen molar-refractivity contribution in [1.29, 1.82) is 0 Å². The maximum Gasteiger partial charge on any atom is 0.229 e. The van der Waals surface area contributed by atoms with Gasteiger partial charge in [-0.3, -0.25) is 9.59 Å². The van der Waals surface area contributed by atoms with Crippen LogP contribution in [-0.4, -0.2) is 18.4 Å². The SMILES string of the molecule is O=C(Nc1cccc(Cl)c1)C1CC(=O)N(c2ccc(Cl)cc2)C1. The molecule has 2 aromatic carbocycles. The predicted molar refractivity (Wildman–Crippen MR) is 92.0 cm³/mol. The molecule has 0 radical (unpaired) electrons. The normalized spacial score (nSPS) is 17.4. The summed E-state index contributed by atoms with van der Waals surface area (Å²) in [4.78, 5) is 26.1. The van der Waals surface area contributed by atoms with Gasteiger partial charge in [0.05, 0.1) is 5.92 Å². The third-order valence-electron chi connectivity index (χ3n) is 3.73. The van der Waals surface area contributed by atoms with Crippen molar-refractivity contribution in [2.45, 2.75) is 6.42 Å². The van der Waals surface area contributed by atoms with Crippen molar-refractivity contribution in [3.8, 4) is 0 Å². The Hall–Kier alpha value is -2.04. The van der Waals surface area contributed by atoms with E-state index in [0.717, 1.165) is 5.69 Å². The highest BCUT2D eigenvalue weighted by molar-refractivity contribution is 6.31. The van der Waals surface area contributed by atoms with Gasteiger partial charge in [0.15, 0.2) is 0 Å². The summed E-state index contributed by atoms with van der Waals surface area (Å²) < 4.78 is 0. The first-order chi connectivity index (χ1) is 11.0. The molecule has 1 heterocycles. The monoisotopic (exact) mass is 348 g/mol. The fourth-order valence-electron chi connectivity index (χ4n) is 2.56. The molecule has 23 heavy (non-hydrogen) atoms. The second-order valence-electron chi connectivity index (χ2n) is 5.38. The molecule has 1 atom stereocenters. The van der Waals surface area contributed by atoms with E-state index in [1.165, 1.54) is 0 Å². The molecule has 2 aromatic rings. The first-order valence-electron chi connectivity index (χ1n) is 7.15. The molecule has 0 aliphatic carbocycles. The van der Waals surface area contributed by atoms with Crippen LogP contribution in [0.15, 0.2) is 48.5 Å². The zero-order valence-electron chi connectivity index (χ0n) is 12.1. The van der Waals surface area contributed by atoms with Crippen molar-refractivity contribution in [3.63, 3.8) is 0 Å². The lowest BCUT2D eigenvalue weighted by Gasteiger charge is -2.16. The van der Waals surface area contributed by atoms with Gasteiger partial charge in [0, 0.05) is 34.4 Å². The topological polar surface area (TPSA) is 49.4 Å². The summed E-state index contributed by atoms with van der Waals surface area (Å²) in [7, 11) is 0. The number of nitrogens with one attached hydrogen (secondary N) is 1. The van der Waals surface area contributed by atoms with E-state index in [0.29, 0.717) is 22.3 Å². The van der Waals surface area contributed by atoms with Gasteiger partial charge in [0.2, 0.25) is 11.8 Å². The molecule has 0 saturated carbocycles. The lowest BCUT2D eigenvalue weighted by atomic mass is 10.1. The zero-order valence-corrected chi connectivity index (χ0v) is 13.6. The number of rotatable bonds is 3. The van der Waals surface area contributed by atoms with Gasteiger partial charge in [-0.1, -0.05) is 29.3 Å². The van der Waals surface area contributed by atoms with Crippen LogP contribution >= 0.6 is 23.2 Å². The molecule has 0 spiro atoms. The van der Waals surface area contributed by atoms with Gasteiger partial charge in [-0.05, 0) is 42.5 Å². The molecule has 0 bridgehead atoms. The minimum atomic E-state index is -0.392. The van der Waals surface area contributed by atoms with E-state index in [9.17, 15) is 9.59 Å². The van der Waals surface area contributed by atoms with E-state index in [1.807, 2.05) is 0 Å². The summed E-state index contributed by atoms with van der Waals surface area (Å²) in [5, 5.41) is 3.96. The second kappa shape index (κ2) is 6.60. The molecular formula is C17H14Cl2N2O2. The zero-order chi connectivity index (χ0) is 16.4. The first kappa shape index (κ1) is 15.8. The van der Waals surface area contributed by atoms with Crippen LogP contribution < -0.4 is 10.2 Å². The number of benzene rings is 2. The average Bonchev–Trinajstić information content (AvgIpc) is 2.90. The molecule has 1 aliphatic rings. The number of carbonyl (C=O) groups excluding carboxylic acids is 2. The summed E-state index contributed by atoms with van der Waals surface area (Å²) in [6.07, 6.45) is 0.190. The minimum Gasteiger partial charge on any atom is -0.326 e. The maximum atomic E-state index is 12.3. The van der Waals surface area contributed by atoms with Crippen LogP contribution in [0.4, 0.5) is 11.4 Å². The van der Waals surface area contributed by atoms with Gasteiger partial charge in [-0.2, -0.15) is 0 Å². The Morgan fingerprint density at radius 3 is 2.52 bits per heavy atom. The van der Waals surface area contributed by atoms with E-state index in [1.54, 1.807) is 53.4 Å². The van der Waals surface area contributed by atoms with Crippen molar-refractivity contribution in [2.24, 2.45) is 5.92 Å². The number of hydrogen-bond donors (Lipinski definition) is 1. The number of amides is 2. The largest absolute Gasteiger partial charge is 0.326 e. The van der Waals surface area contributed by atoms with E-state index < -0.39 is 5.92 Å². The molecule has 3 rings (SSSR count). The van der Waals surface area contributed by atoms with Crippen LogP contribution in [0.25, 0.3) is 0 Å². The minimum absolute atomic E-state index is 0.0708. The second-order valence-corrected chi connectivity index (χ2v) is 6.25. The molecule has 4 nitrogen and oxygen atoms in total. The highest BCUT2D eigenvalue weighted by Crippen LogP contribution is 2.27. The van der Waals surface area contributed by atoms with Crippen LogP contribution in [0.3, 0.4) is 0 Å². The van der Waals surface area contributed by atoms with Crippen LogP contribution in [0.5, 0.6) is 0 Å². The Labute approximate surface area is 144 Å². The molecule has 1 saturated heterocycles. The average molecular weight is 349 g/mol. The third kappa shape index (κ3) is 3.66. The third-order valence-corrected chi connectivity index (χ3v) is 4.21. The fourth-order valence-corrected chi connectivity index (χ4v) is 2.88. The van der Waals surface area contributed by atoms with Crippen LogP contribution in [0, 0.1) is 5.92 Å². The standard InChI is InChI=1S/C17H14Cl2N2O2/c18-12-4-6-15(7-5-12)21-10-11(8-16(21)22)17(23)20-14-3-1-2-13(19)9-14/h1-7,9,11H,8,10H2,(H,20,23). The Kier molecular flexibility index (Phi) is 4.55. The summed E-state index contributed by atoms with van der Waals surface area (Å²) in [5.74, 6) is -0.646. The highest BCUT2D eigenvalue weighted by atomic mass is 35.5. The highest BCUT2D eigenvalue weighted by Gasteiger charge is 2.35. The molecular weight excluding hydrogens is 335 g/mol. The van der Waals surface area contributed by atoms with Gasteiger partial charge >= 0.3 is 0 Å². The summed E-state index contributed by atoms with van der Waals surface area (Å²) in [6, 6.07) is 13.9. The first-order valence-corrected chi connectivity index (χ1v) is 7.91. The number of carbonyl (C=O) groups is 2. The molecule has 6 heteroatoms. The van der Waals surface area contributed by atoms with Crippen LogP contribution in [0.2, 0.25) is 10.0 Å². The van der Waals surface area contributed by atoms with E-state index in [2.05, 4.69) is 5.32 Å². The Morgan fingerprint density at radius 1 is 1.09 bits per heavy atom. The number of hydrogen-bond acceptors (Lipinski definition) is 2. The lowest BCUT2D eigenvalue weighted by Crippen LogP contribution is -2.28. The molecule has 2 amide bonds. The number of halogens is 2. The van der Waals surface area contributed by atoms with Crippen molar-refractivity contribution >= 4 is 46.4 Å². The van der Waals surface area contributed by atoms with Crippen LogP contribution in [0.1, 0.15) is 6.42 Å². The summed E-state index contributed by atoms with van der Waals surface area (Å²) in [6.45, 7) is 0.354. The summed E-state index contributed by atoms with van der Waals surface area (Å²) >= 11 is 11.8. The van der Waals surface area contributed by atoms with Crippen molar-refractivity contribution in [1.82, 2.24) is 0 Å². The fraction of sp³-hybridized carbons (Fsp3) is 0.176. The van der Waals surface area contributed by atoms with Gasteiger partial charge in [0.1, 0.15) is 0 Å². The lowest BCUT2D eigenvalue weighted by molar-refractivity contribution is -0.122.